The fraction of sp³-hybridized carbons (Fsp3) is 0.267. The second-order valence-electron chi connectivity index (χ2n) is 5.09. The normalized spacial score (nSPS) is 14.0. The van der Waals surface area contributed by atoms with Gasteiger partial charge in [-0.3, -0.25) is 15.0 Å². The molecule has 2 aromatic rings. The van der Waals surface area contributed by atoms with Crippen LogP contribution in [0.3, 0.4) is 0 Å². The van der Waals surface area contributed by atoms with Gasteiger partial charge in [-0.2, -0.15) is 0 Å². The van der Waals surface area contributed by atoms with Crippen molar-refractivity contribution in [3.8, 4) is 0 Å². The Morgan fingerprint density at radius 1 is 1.39 bits per heavy atom. The van der Waals surface area contributed by atoms with E-state index in [2.05, 4.69) is 5.32 Å². The Labute approximate surface area is 136 Å². The summed E-state index contributed by atoms with van der Waals surface area (Å²) in [6.45, 7) is 3.29. The predicted molar refractivity (Wildman–Crippen MR) is 88.2 cm³/mol. The number of hydrogen-bond acceptors (Lipinski definition) is 6. The summed E-state index contributed by atoms with van der Waals surface area (Å²) in [5.41, 5.74) is 1.08. The molecule has 0 bridgehead atoms. The van der Waals surface area contributed by atoms with Crippen molar-refractivity contribution in [1.82, 2.24) is 0 Å². The molecule has 0 spiro atoms. The van der Waals surface area contributed by atoms with Gasteiger partial charge in [0.2, 0.25) is 0 Å². The Morgan fingerprint density at radius 2 is 2.22 bits per heavy atom. The van der Waals surface area contributed by atoms with Crippen molar-refractivity contribution in [3.05, 3.63) is 50.2 Å². The number of non-ortho nitro benzene ring substituents is 1. The molecule has 0 atom stereocenters. The fourth-order valence-corrected chi connectivity index (χ4v) is 3.21. The highest BCUT2D eigenvalue weighted by atomic mass is 32.1. The van der Waals surface area contributed by atoms with E-state index in [0.717, 1.165) is 4.88 Å². The Hall–Kier alpha value is -2.61. The van der Waals surface area contributed by atoms with Crippen LogP contribution in [-0.2, 0) is 11.3 Å². The highest BCUT2D eigenvalue weighted by Gasteiger charge is 2.27. The molecule has 0 radical (unpaired) electrons. The lowest BCUT2D eigenvalue weighted by Crippen LogP contribution is -2.24. The summed E-state index contributed by atoms with van der Waals surface area (Å²) in [7, 11) is 0. The number of nitro groups is 1. The quantitative estimate of drug-likeness (QED) is 0.668. The molecule has 1 aliphatic heterocycles. The summed E-state index contributed by atoms with van der Waals surface area (Å²) in [6.07, 6.45) is -0.486. The zero-order valence-corrected chi connectivity index (χ0v) is 13.3. The van der Waals surface area contributed by atoms with Crippen molar-refractivity contribution in [2.45, 2.75) is 13.5 Å². The van der Waals surface area contributed by atoms with Gasteiger partial charge in [-0.15, -0.1) is 11.3 Å². The number of benzene rings is 1. The molecule has 0 saturated carbocycles. The fourth-order valence-electron chi connectivity index (χ4n) is 2.38. The second-order valence-corrected chi connectivity index (χ2v) is 6.46. The van der Waals surface area contributed by atoms with E-state index in [4.69, 9.17) is 4.74 Å². The van der Waals surface area contributed by atoms with E-state index in [-0.39, 0.29) is 12.3 Å². The lowest BCUT2D eigenvalue weighted by Gasteiger charge is -2.18. The number of nitrogens with zero attached hydrogens (tertiary/aromatic N) is 2. The summed E-state index contributed by atoms with van der Waals surface area (Å²) in [5.74, 6) is 0. The third-order valence-electron chi connectivity index (χ3n) is 3.49. The first-order valence-electron chi connectivity index (χ1n) is 7.06. The van der Waals surface area contributed by atoms with Crippen molar-refractivity contribution in [1.29, 1.82) is 0 Å². The van der Waals surface area contributed by atoms with E-state index in [1.54, 1.807) is 17.4 Å². The number of carbonyl (C=O) groups is 1. The molecular weight excluding hydrogens is 318 g/mol. The number of thiophene rings is 1. The molecule has 1 amide bonds. The SMILES string of the molecule is Cc1ccc(CNc2ccc([N+](=O)[O-])cc2N2CCOC2=O)s1. The molecule has 3 rings (SSSR count). The first-order chi connectivity index (χ1) is 11.0. The average molecular weight is 333 g/mol. The van der Waals surface area contributed by atoms with E-state index in [1.165, 1.54) is 21.9 Å². The molecule has 1 saturated heterocycles. The number of amides is 1. The van der Waals surface area contributed by atoms with Gasteiger partial charge in [0.1, 0.15) is 6.61 Å². The maximum Gasteiger partial charge on any atom is 0.414 e. The summed E-state index contributed by atoms with van der Waals surface area (Å²) >= 11 is 1.68. The van der Waals surface area contributed by atoms with Crippen molar-refractivity contribution in [2.24, 2.45) is 0 Å². The molecule has 1 aliphatic rings. The van der Waals surface area contributed by atoms with Crippen molar-refractivity contribution < 1.29 is 14.5 Å². The molecule has 1 fully saturated rings. The maximum atomic E-state index is 11.8. The van der Waals surface area contributed by atoms with Gasteiger partial charge >= 0.3 is 6.09 Å². The molecule has 7 nitrogen and oxygen atoms in total. The van der Waals surface area contributed by atoms with Gasteiger partial charge in [0.05, 0.1) is 22.8 Å². The van der Waals surface area contributed by atoms with Crippen LogP contribution in [-0.4, -0.2) is 24.2 Å². The van der Waals surface area contributed by atoms with Gasteiger partial charge in [-0.05, 0) is 25.1 Å². The summed E-state index contributed by atoms with van der Waals surface area (Å²) in [4.78, 5) is 26.1. The number of nitro benzene ring substituents is 1. The highest BCUT2D eigenvalue weighted by molar-refractivity contribution is 7.11. The van der Waals surface area contributed by atoms with Gasteiger partial charge in [-0.1, -0.05) is 0 Å². The number of rotatable bonds is 5. The van der Waals surface area contributed by atoms with Crippen molar-refractivity contribution >= 4 is 34.5 Å². The zero-order chi connectivity index (χ0) is 16.4. The zero-order valence-electron chi connectivity index (χ0n) is 12.4. The van der Waals surface area contributed by atoms with Crippen LogP contribution in [0, 0.1) is 17.0 Å². The summed E-state index contributed by atoms with van der Waals surface area (Å²) < 4.78 is 4.93. The molecule has 1 N–H and O–H groups in total. The molecule has 1 aromatic carbocycles. The summed E-state index contributed by atoms with van der Waals surface area (Å²) in [5, 5.41) is 14.2. The first-order valence-corrected chi connectivity index (χ1v) is 7.88. The average Bonchev–Trinajstić information content (AvgIpc) is 3.13. The minimum absolute atomic E-state index is 0.0581. The van der Waals surface area contributed by atoms with E-state index < -0.39 is 11.0 Å². The van der Waals surface area contributed by atoms with Crippen LogP contribution in [0.25, 0.3) is 0 Å². The number of cyclic esters (lactones) is 1. The summed E-state index contributed by atoms with van der Waals surface area (Å²) in [6, 6.07) is 8.51. The second kappa shape index (κ2) is 6.25. The van der Waals surface area contributed by atoms with Crippen LogP contribution in [0.4, 0.5) is 21.9 Å². The van der Waals surface area contributed by atoms with Gasteiger partial charge < -0.3 is 10.1 Å². The number of nitrogens with one attached hydrogen (secondary N) is 1. The number of anilines is 2. The standard InChI is InChI=1S/C15H15N3O4S/c1-10-2-4-12(23-10)9-16-13-5-3-11(18(20)21)8-14(13)17-6-7-22-15(17)19/h2-5,8,16H,6-7,9H2,1H3. The van der Waals surface area contributed by atoms with Crippen LogP contribution in [0.15, 0.2) is 30.3 Å². The molecule has 120 valence electrons. The lowest BCUT2D eigenvalue weighted by atomic mass is 10.2. The minimum Gasteiger partial charge on any atom is -0.447 e. The van der Waals surface area contributed by atoms with Gasteiger partial charge in [-0.25, -0.2) is 4.79 Å². The van der Waals surface area contributed by atoms with E-state index in [9.17, 15) is 14.9 Å². The molecule has 2 heterocycles. The third-order valence-corrected chi connectivity index (χ3v) is 4.49. The maximum absolute atomic E-state index is 11.8. The van der Waals surface area contributed by atoms with Crippen LogP contribution in [0.2, 0.25) is 0 Å². The number of hydrogen-bond donors (Lipinski definition) is 1. The van der Waals surface area contributed by atoms with Gasteiger partial charge in [0.15, 0.2) is 0 Å². The molecular formula is C15H15N3O4S. The van der Waals surface area contributed by atoms with Crippen LogP contribution in [0.1, 0.15) is 9.75 Å². The number of aryl methyl sites for hydroxylation is 1. The predicted octanol–water partition coefficient (Wildman–Crippen LogP) is 3.53. The molecule has 0 aliphatic carbocycles. The molecule has 0 unspecified atom stereocenters. The van der Waals surface area contributed by atoms with E-state index >= 15 is 0 Å². The third kappa shape index (κ3) is 3.26. The Balaban J connectivity index is 1.88. The number of carbonyl (C=O) groups excluding carboxylic acids is 1. The minimum atomic E-state index is -0.486. The van der Waals surface area contributed by atoms with Gasteiger partial charge in [0, 0.05) is 28.4 Å². The van der Waals surface area contributed by atoms with Crippen molar-refractivity contribution in [2.75, 3.05) is 23.4 Å². The van der Waals surface area contributed by atoms with Crippen LogP contribution >= 0.6 is 11.3 Å². The Kier molecular flexibility index (Phi) is 4.16. The lowest BCUT2D eigenvalue weighted by molar-refractivity contribution is -0.384. The topological polar surface area (TPSA) is 84.7 Å². The molecule has 1 aromatic heterocycles. The highest BCUT2D eigenvalue weighted by Crippen LogP contribution is 2.33. The first kappa shape index (κ1) is 15.3. The molecule has 23 heavy (non-hydrogen) atoms. The van der Waals surface area contributed by atoms with E-state index in [1.807, 2.05) is 19.1 Å². The Bertz CT molecular complexity index is 759. The smallest absolute Gasteiger partial charge is 0.414 e. The largest absolute Gasteiger partial charge is 0.447 e. The van der Waals surface area contributed by atoms with Gasteiger partial charge in [0.25, 0.3) is 5.69 Å². The van der Waals surface area contributed by atoms with Crippen molar-refractivity contribution in [3.63, 3.8) is 0 Å². The number of ether oxygens (including phenoxy) is 1. The monoisotopic (exact) mass is 333 g/mol. The molecule has 8 heteroatoms. The van der Waals surface area contributed by atoms with E-state index in [0.29, 0.717) is 24.5 Å². The Morgan fingerprint density at radius 3 is 2.83 bits per heavy atom. The van der Waals surface area contributed by atoms with Crippen LogP contribution in [0.5, 0.6) is 0 Å². The van der Waals surface area contributed by atoms with Crippen LogP contribution < -0.4 is 10.2 Å².